The molecule has 3 aromatic rings. The van der Waals surface area contributed by atoms with Gasteiger partial charge in [0.25, 0.3) is 0 Å². The van der Waals surface area contributed by atoms with E-state index in [9.17, 15) is 9.18 Å². The number of halogens is 1. The van der Waals surface area contributed by atoms with Crippen LogP contribution in [0.1, 0.15) is 19.0 Å². The first-order chi connectivity index (χ1) is 11.2. The number of hydrogen-bond donors (Lipinski definition) is 1. The van der Waals surface area contributed by atoms with E-state index in [0.717, 1.165) is 5.69 Å². The van der Waals surface area contributed by atoms with Crippen molar-refractivity contribution in [3.05, 3.63) is 54.4 Å². The summed E-state index contributed by atoms with van der Waals surface area (Å²) in [5.74, 6) is -0.365. The van der Waals surface area contributed by atoms with Gasteiger partial charge in [-0.05, 0) is 30.3 Å². The number of carbonyl (C=O) groups excluding carboxylic acids is 1. The lowest BCUT2D eigenvalue weighted by Crippen LogP contribution is -2.11. The van der Waals surface area contributed by atoms with E-state index in [1.54, 1.807) is 36.1 Å². The van der Waals surface area contributed by atoms with E-state index >= 15 is 0 Å². The number of carbonyl (C=O) groups is 1. The fourth-order valence-electron chi connectivity index (χ4n) is 2.13. The maximum Gasteiger partial charge on any atom is 0.312 e. The molecule has 0 atom stereocenters. The summed E-state index contributed by atoms with van der Waals surface area (Å²) < 4.78 is 20.2. The molecular weight excluding hydrogens is 299 g/mol. The van der Waals surface area contributed by atoms with E-state index in [0.29, 0.717) is 23.7 Å². The third-order valence-corrected chi connectivity index (χ3v) is 3.31. The maximum absolute atomic E-state index is 13.1. The van der Waals surface area contributed by atoms with Crippen molar-refractivity contribution in [3.8, 4) is 17.1 Å². The van der Waals surface area contributed by atoms with Crippen molar-refractivity contribution in [2.45, 2.75) is 19.9 Å². The molecule has 0 bridgehead atoms. The van der Waals surface area contributed by atoms with E-state index in [-0.39, 0.29) is 18.2 Å². The molecule has 1 N–H and O–H groups in total. The summed E-state index contributed by atoms with van der Waals surface area (Å²) in [6.07, 6.45) is 3.47. The number of imidazole rings is 1. The zero-order valence-corrected chi connectivity index (χ0v) is 12.5. The lowest BCUT2D eigenvalue weighted by atomic mass is 10.1. The Morgan fingerprint density at radius 2 is 2.09 bits per heavy atom. The molecule has 0 aliphatic carbocycles. The normalized spacial score (nSPS) is 10.7. The molecule has 2 aromatic heterocycles. The average molecular weight is 314 g/mol. The van der Waals surface area contributed by atoms with E-state index in [2.05, 4.69) is 15.2 Å². The molecule has 0 aliphatic rings. The van der Waals surface area contributed by atoms with Crippen molar-refractivity contribution in [1.82, 2.24) is 19.7 Å². The van der Waals surface area contributed by atoms with Gasteiger partial charge in [0.1, 0.15) is 11.5 Å². The molecule has 0 amide bonds. The van der Waals surface area contributed by atoms with Gasteiger partial charge in [-0.2, -0.15) is 5.10 Å². The van der Waals surface area contributed by atoms with E-state index in [4.69, 9.17) is 4.74 Å². The predicted octanol–water partition coefficient (Wildman–Crippen LogP) is 2.78. The third-order valence-electron chi connectivity index (χ3n) is 3.31. The van der Waals surface area contributed by atoms with Crippen LogP contribution in [0.4, 0.5) is 4.39 Å². The van der Waals surface area contributed by atoms with Crippen LogP contribution in [-0.2, 0) is 11.3 Å². The van der Waals surface area contributed by atoms with Crippen LogP contribution in [0.15, 0.2) is 42.9 Å². The fourth-order valence-corrected chi connectivity index (χ4v) is 2.13. The van der Waals surface area contributed by atoms with Crippen LogP contribution in [-0.4, -0.2) is 25.7 Å². The lowest BCUT2D eigenvalue weighted by Gasteiger charge is -2.09. The number of nitrogens with zero attached hydrogens (tertiary/aromatic N) is 3. The monoisotopic (exact) mass is 314 g/mol. The van der Waals surface area contributed by atoms with Gasteiger partial charge in [0, 0.05) is 18.2 Å². The summed E-state index contributed by atoms with van der Waals surface area (Å²) in [4.78, 5) is 16.0. The Bertz CT molecular complexity index is 794. The summed E-state index contributed by atoms with van der Waals surface area (Å²) in [5, 5.41) is 6.74. The largest absolute Gasteiger partial charge is 0.407 e. The number of H-pyrrole nitrogens is 1. The van der Waals surface area contributed by atoms with E-state index < -0.39 is 0 Å². The number of benzene rings is 1. The smallest absolute Gasteiger partial charge is 0.312 e. The Hall–Kier alpha value is -2.96. The van der Waals surface area contributed by atoms with Gasteiger partial charge in [-0.3, -0.25) is 14.5 Å². The van der Waals surface area contributed by atoms with Crippen molar-refractivity contribution in [3.63, 3.8) is 0 Å². The zero-order valence-electron chi connectivity index (χ0n) is 12.5. The minimum Gasteiger partial charge on any atom is -0.407 e. The first kappa shape index (κ1) is 15.0. The number of aromatic nitrogens is 4. The second kappa shape index (κ2) is 6.43. The van der Waals surface area contributed by atoms with Gasteiger partial charge in [-0.25, -0.2) is 9.37 Å². The van der Waals surface area contributed by atoms with Crippen LogP contribution in [0, 0.1) is 5.82 Å². The minimum atomic E-state index is -0.361. The zero-order chi connectivity index (χ0) is 16.2. The summed E-state index contributed by atoms with van der Waals surface area (Å²) >= 11 is 0. The summed E-state index contributed by atoms with van der Waals surface area (Å²) in [7, 11) is 0. The summed E-state index contributed by atoms with van der Waals surface area (Å²) in [5.41, 5.74) is 2.02. The second-order valence-electron chi connectivity index (χ2n) is 4.94. The highest BCUT2D eigenvalue weighted by molar-refractivity contribution is 5.75. The number of hydrogen-bond acceptors (Lipinski definition) is 4. The van der Waals surface area contributed by atoms with Crippen LogP contribution >= 0.6 is 0 Å². The summed E-state index contributed by atoms with van der Waals surface area (Å²) in [6, 6.07) is 7.70. The Labute approximate surface area is 131 Å². The van der Waals surface area contributed by atoms with Gasteiger partial charge in [0.2, 0.25) is 5.88 Å². The SMILES string of the molecule is CCC(=O)Oc1c(-c2ccc(F)cc2)ncn1Cc1ccn[nH]1. The van der Waals surface area contributed by atoms with Crippen molar-refractivity contribution in [2.24, 2.45) is 0 Å². The standard InChI is InChI=1S/C16H15FN4O2/c1-2-14(22)23-16-15(11-3-5-12(17)6-4-11)18-10-21(16)9-13-7-8-19-20-13/h3-8,10H,2,9H2,1H3,(H,19,20). The minimum absolute atomic E-state index is 0.248. The van der Waals surface area contributed by atoms with Crippen LogP contribution in [0.3, 0.4) is 0 Å². The molecule has 0 aliphatic heterocycles. The van der Waals surface area contributed by atoms with Crippen molar-refractivity contribution in [2.75, 3.05) is 0 Å². The Balaban J connectivity index is 1.99. The molecule has 23 heavy (non-hydrogen) atoms. The first-order valence-electron chi connectivity index (χ1n) is 7.17. The molecule has 6 nitrogen and oxygen atoms in total. The molecule has 0 radical (unpaired) electrons. The fraction of sp³-hybridized carbons (Fsp3) is 0.188. The van der Waals surface area contributed by atoms with Crippen molar-refractivity contribution >= 4 is 5.97 Å². The number of nitrogens with one attached hydrogen (secondary N) is 1. The molecule has 0 saturated carbocycles. The number of ether oxygens (including phenoxy) is 1. The van der Waals surface area contributed by atoms with Gasteiger partial charge in [0.15, 0.2) is 0 Å². The van der Waals surface area contributed by atoms with Crippen molar-refractivity contribution in [1.29, 1.82) is 0 Å². The van der Waals surface area contributed by atoms with E-state index in [1.165, 1.54) is 12.1 Å². The maximum atomic E-state index is 13.1. The van der Waals surface area contributed by atoms with Gasteiger partial charge < -0.3 is 4.74 Å². The van der Waals surface area contributed by atoms with Crippen LogP contribution in [0.5, 0.6) is 5.88 Å². The molecule has 3 rings (SSSR count). The molecule has 118 valence electrons. The highest BCUT2D eigenvalue weighted by Gasteiger charge is 2.18. The Morgan fingerprint density at radius 3 is 2.74 bits per heavy atom. The molecule has 2 heterocycles. The molecule has 1 aromatic carbocycles. The molecule has 0 spiro atoms. The average Bonchev–Trinajstić information content (AvgIpc) is 3.19. The van der Waals surface area contributed by atoms with Gasteiger partial charge >= 0.3 is 5.97 Å². The molecule has 0 unspecified atom stereocenters. The topological polar surface area (TPSA) is 72.8 Å². The van der Waals surface area contributed by atoms with Gasteiger partial charge in [-0.1, -0.05) is 6.92 Å². The van der Waals surface area contributed by atoms with Crippen LogP contribution < -0.4 is 4.74 Å². The Kier molecular flexibility index (Phi) is 4.18. The molecule has 7 heteroatoms. The Morgan fingerprint density at radius 1 is 1.30 bits per heavy atom. The quantitative estimate of drug-likeness (QED) is 0.735. The van der Waals surface area contributed by atoms with Crippen LogP contribution in [0.25, 0.3) is 11.3 Å². The third kappa shape index (κ3) is 3.28. The van der Waals surface area contributed by atoms with Crippen LogP contribution in [0.2, 0.25) is 0 Å². The highest BCUT2D eigenvalue weighted by Crippen LogP contribution is 2.29. The number of rotatable bonds is 5. The second-order valence-corrected chi connectivity index (χ2v) is 4.94. The summed E-state index contributed by atoms with van der Waals surface area (Å²) in [6.45, 7) is 2.15. The van der Waals surface area contributed by atoms with Gasteiger partial charge in [0.05, 0.1) is 18.6 Å². The van der Waals surface area contributed by atoms with Crippen molar-refractivity contribution < 1.29 is 13.9 Å². The number of esters is 1. The molecule has 0 saturated heterocycles. The molecule has 0 fully saturated rings. The predicted molar refractivity (Wildman–Crippen MR) is 81.2 cm³/mol. The molecular formula is C16H15FN4O2. The highest BCUT2D eigenvalue weighted by atomic mass is 19.1. The lowest BCUT2D eigenvalue weighted by molar-refractivity contribution is -0.134. The first-order valence-corrected chi connectivity index (χ1v) is 7.17. The van der Waals surface area contributed by atoms with Gasteiger partial charge in [-0.15, -0.1) is 0 Å². The van der Waals surface area contributed by atoms with E-state index in [1.807, 2.05) is 6.07 Å². The number of aromatic amines is 1.